The van der Waals surface area contributed by atoms with E-state index in [2.05, 4.69) is 5.32 Å². The van der Waals surface area contributed by atoms with Gasteiger partial charge in [0, 0.05) is 36.9 Å². The largest absolute Gasteiger partial charge is 0.325 e. The molecule has 0 radical (unpaired) electrons. The minimum absolute atomic E-state index is 0.00414. The number of hydrogen-bond donors (Lipinski definition) is 1. The van der Waals surface area contributed by atoms with E-state index in [1.54, 1.807) is 18.2 Å². The van der Waals surface area contributed by atoms with Crippen LogP contribution in [0.1, 0.15) is 11.1 Å². The number of aryl methyl sites for hydroxylation is 1. The maximum Gasteiger partial charge on any atom is 0.238 e. The first kappa shape index (κ1) is 20.8. The molecule has 6 nitrogen and oxygen atoms in total. The lowest BCUT2D eigenvalue weighted by molar-refractivity contribution is -0.117. The van der Waals surface area contributed by atoms with Crippen molar-refractivity contribution >= 4 is 33.2 Å². The van der Waals surface area contributed by atoms with E-state index >= 15 is 0 Å². The Morgan fingerprint density at radius 2 is 1.75 bits per heavy atom. The van der Waals surface area contributed by atoms with Crippen molar-refractivity contribution in [3.63, 3.8) is 0 Å². The molecule has 0 saturated carbocycles. The van der Waals surface area contributed by atoms with Gasteiger partial charge in [0.1, 0.15) is 0 Å². The quantitative estimate of drug-likeness (QED) is 0.778. The lowest BCUT2D eigenvalue weighted by atomic mass is 10.2. The van der Waals surface area contributed by atoms with E-state index in [9.17, 15) is 13.2 Å². The Kier molecular flexibility index (Phi) is 6.72. The molecular weight excluding hydrogens is 398 g/mol. The van der Waals surface area contributed by atoms with Crippen LogP contribution < -0.4 is 5.32 Å². The van der Waals surface area contributed by atoms with Crippen LogP contribution in [0.15, 0.2) is 48.5 Å². The number of nitrogens with zero attached hydrogens (tertiary/aromatic N) is 2. The van der Waals surface area contributed by atoms with E-state index in [-0.39, 0.29) is 18.2 Å². The molecular formula is C20H24ClN3O3S. The maximum absolute atomic E-state index is 12.6. The van der Waals surface area contributed by atoms with Crippen molar-refractivity contribution in [2.75, 3.05) is 38.0 Å². The second-order valence-electron chi connectivity index (χ2n) is 6.92. The molecule has 0 atom stereocenters. The van der Waals surface area contributed by atoms with Gasteiger partial charge in [0.15, 0.2) is 0 Å². The Morgan fingerprint density at radius 3 is 2.39 bits per heavy atom. The lowest BCUT2D eigenvalue weighted by Crippen LogP contribution is -2.50. The summed E-state index contributed by atoms with van der Waals surface area (Å²) in [5.41, 5.74) is 2.42. The van der Waals surface area contributed by atoms with E-state index in [1.807, 2.05) is 42.2 Å². The monoisotopic (exact) mass is 421 g/mol. The van der Waals surface area contributed by atoms with Gasteiger partial charge in [-0.1, -0.05) is 41.9 Å². The second kappa shape index (κ2) is 9.05. The molecule has 1 amide bonds. The number of hydrogen-bond acceptors (Lipinski definition) is 4. The second-order valence-corrected chi connectivity index (χ2v) is 9.33. The highest BCUT2D eigenvalue weighted by Gasteiger charge is 2.27. The van der Waals surface area contributed by atoms with Crippen LogP contribution in [0.4, 0.5) is 5.69 Å². The van der Waals surface area contributed by atoms with Crippen molar-refractivity contribution in [1.82, 2.24) is 9.21 Å². The summed E-state index contributed by atoms with van der Waals surface area (Å²) in [5.74, 6) is -0.115. The number of amides is 1. The van der Waals surface area contributed by atoms with Gasteiger partial charge in [-0.15, -0.1) is 0 Å². The van der Waals surface area contributed by atoms with Crippen LogP contribution in [-0.2, 0) is 20.6 Å². The standard InChI is InChI=1S/C20H24ClN3O3S/c1-16-13-18(21)7-8-19(16)22-20(25)14-23-9-11-24(12-10-23)28(26,27)15-17-5-3-2-4-6-17/h2-8,13H,9-12,14-15H2,1H3,(H,22,25). The zero-order chi connectivity index (χ0) is 20.1. The highest BCUT2D eigenvalue weighted by atomic mass is 35.5. The van der Waals surface area contributed by atoms with Gasteiger partial charge in [0.2, 0.25) is 15.9 Å². The first-order valence-corrected chi connectivity index (χ1v) is 11.1. The number of anilines is 1. The fourth-order valence-corrected chi connectivity index (χ4v) is 4.94. The molecule has 0 unspecified atom stereocenters. The van der Waals surface area contributed by atoms with Crippen LogP contribution in [-0.4, -0.2) is 56.3 Å². The molecule has 28 heavy (non-hydrogen) atoms. The first-order chi connectivity index (χ1) is 13.3. The van der Waals surface area contributed by atoms with Crippen molar-refractivity contribution in [2.45, 2.75) is 12.7 Å². The molecule has 1 fully saturated rings. The molecule has 0 spiro atoms. The van der Waals surface area contributed by atoms with Crippen molar-refractivity contribution in [3.8, 4) is 0 Å². The zero-order valence-electron chi connectivity index (χ0n) is 15.8. The van der Waals surface area contributed by atoms with Gasteiger partial charge in [0.05, 0.1) is 12.3 Å². The topological polar surface area (TPSA) is 69.7 Å². The number of benzene rings is 2. The third-order valence-electron chi connectivity index (χ3n) is 4.75. The van der Waals surface area contributed by atoms with Gasteiger partial charge in [-0.05, 0) is 36.2 Å². The van der Waals surface area contributed by atoms with Gasteiger partial charge in [-0.2, -0.15) is 4.31 Å². The smallest absolute Gasteiger partial charge is 0.238 e. The number of piperazine rings is 1. The highest BCUT2D eigenvalue weighted by molar-refractivity contribution is 7.88. The Balaban J connectivity index is 1.50. The predicted octanol–water partition coefficient (Wildman–Crippen LogP) is 2.73. The van der Waals surface area contributed by atoms with Gasteiger partial charge >= 0.3 is 0 Å². The highest BCUT2D eigenvalue weighted by Crippen LogP contribution is 2.19. The molecule has 2 aromatic rings. The predicted molar refractivity (Wildman–Crippen MR) is 112 cm³/mol. The fraction of sp³-hybridized carbons (Fsp3) is 0.350. The van der Waals surface area contributed by atoms with Crippen LogP contribution >= 0.6 is 11.6 Å². The molecule has 1 aliphatic rings. The van der Waals surface area contributed by atoms with Crippen LogP contribution in [0.2, 0.25) is 5.02 Å². The molecule has 0 aliphatic carbocycles. The fourth-order valence-electron chi connectivity index (χ4n) is 3.20. The minimum atomic E-state index is -3.35. The summed E-state index contributed by atoms with van der Waals surface area (Å²) in [6, 6.07) is 14.5. The van der Waals surface area contributed by atoms with Gasteiger partial charge in [0.25, 0.3) is 0 Å². The zero-order valence-corrected chi connectivity index (χ0v) is 17.3. The Hall–Kier alpha value is -1.93. The third-order valence-corrected chi connectivity index (χ3v) is 6.83. The summed E-state index contributed by atoms with van der Waals surface area (Å²) in [5, 5.41) is 3.52. The number of nitrogens with one attached hydrogen (secondary N) is 1. The van der Waals surface area contributed by atoms with Crippen LogP contribution in [0.5, 0.6) is 0 Å². The maximum atomic E-state index is 12.6. The molecule has 3 rings (SSSR count). The van der Waals surface area contributed by atoms with E-state index in [1.165, 1.54) is 4.31 Å². The minimum Gasteiger partial charge on any atom is -0.325 e. The van der Waals surface area contributed by atoms with E-state index in [0.29, 0.717) is 31.2 Å². The van der Waals surface area contributed by atoms with Crippen molar-refractivity contribution < 1.29 is 13.2 Å². The molecule has 1 N–H and O–H groups in total. The van der Waals surface area contributed by atoms with Crippen LogP contribution in [0, 0.1) is 6.92 Å². The molecule has 0 bridgehead atoms. The summed E-state index contributed by atoms with van der Waals surface area (Å²) in [7, 11) is -3.35. The van der Waals surface area contributed by atoms with E-state index < -0.39 is 10.0 Å². The van der Waals surface area contributed by atoms with Crippen molar-refractivity contribution in [3.05, 3.63) is 64.7 Å². The summed E-state index contributed by atoms with van der Waals surface area (Å²) in [6.07, 6.45) is 0. The van der Waals surface area contributed by atoms with Gasteiger partial charge in [-0.25, -0.2) is 8.42 Å². The lowest BCUT2D eigenvalue weighted by Gasteiger charge is -2.33. The van der Waals surface area contributed by atoms with Gasteiger partial charge in [-0.3, -0.25) is 9.69 Å². The van der Waals surface area contributed by atoms with Crippen molar-refractivity contribution in [2.24, 2.45) is 0 Å². The molecule has 2 aromatic carbocycles. The average molecular weight is 422 g/mol. The molecule has 1 saturated heterocycles. The van der Waals surface area contributed by atoms with Crippen LogP contribution in [0.25, 0.3) is 0 Å². The van der Waals surface area contributed by atoms with Crippen LogP contribution in [0.3, 0.4) is 0 Å². The summed E-state index contributed by atoms with van der Waals surface area (Å²) < 4.78 is 26.7. The van der Waals surface area contributed by atoms with Crippen molar-refractivity contribution in [1.29, 1.82) is 0 Å². The van der Waals surface area contributed by atoms with Gasteiger partial charge < -0.3 is 5.32 Å². The summed E-state index contributed by atoms with van der Waals surface area (Å²) in [6.45, 7) is 3.96. The average Bonchev–Trinajstić information content (AvgIpc) is 2.65. The number of carbonyl (C=O) groups excluding carboxylic acids is 1. The third kappa shape index (κ3) is 5.54. The molecule has 1 aliphatic heterocycles. The Morgan fingerprint density at radius 1 is 1.07 bits per heavy atom. The SMILES string of the molecule is Cc1cc(Cl)ccc1NC(=O)CN1CCN(S(=O)(=O)Cc2ccccc2)CC1. The Labute approximate surface area is 171 Å². The molecule has 150 valence electrons. The number of carbonyl (C=O) groups is 1. The number of sulfonamides is 1. The summed E-state index contributed by atoms with van der Waals surface area (Å²) >= 11 is 5.94. The molecule has 1 heterocycles. The summed E-state index contributed by atoms with van der Waals surface area (Å²) in [4.78, 5) is 14.3. The number of rotatable bonds is 6. The normalized spacial score (nSPS) is 16.1. The van der Waals surface area contributed by atoms with E-state index in [4.69, 9.17) is 11.6 Å². The molecule has 8 heteroatoms. The first-order valence-electron chi connectivity index (χ1n) is 9.13. The molecule has 0 aromatic heterocycles. The Bertz CT molecular complexity index is 927. The van der Waals surface area contributed by atoms with E-state index in [0.717, 1.165) is 16.8 Å². The number of halogens is 1.